The van der Waals surface area contributed by atoms with Gasteiger partial charge in [-0.25, -0.2) is 4.79 Å². The van der Waals surface area contributed by atoms with Crippen LogP contribution in [0.3, 0.4) is 0 Å². The molecule has 0 spiro atoms. The summed E-state index contributed by atoms with van der Waals surface area (Å²) in [6.45, 7) is 7.15. The van der Waals surface area contributed by atoms with Crippen LogP contribution in [0.1, 0.15) is 46.0 Å². The fraction of sp³-hybridized carbons (Fsp3) is 0.938. The zero-order valence-corrected chi connectivity index (χ0v) is 13.3. The summed E-state index contributed by atoms with van der Waals surface area (Å²) in [6.07, 6.45) is 5.69. The van der Waals surface area contributed by atoms with E-state index in [-0.39, 0.29) is 11.9 Å². The number of ether oxygens (including phenoxy) is 2. The van der Waals surface area contributed by atoms with Crippen LogP contribution in [-0.4, -0.2) is 49.1 Å². The highest BCUT2D eigenvalue weighted by Gasteiger charge is 2.43. The Morgan fingerprint density at radius 2 is 2.14 bits per heavy atom. The number of piperidine rings is 1. The molecular formula is C16H28N2O3. The molecule has 1 N–H and O–H groups in total. The summed E-state index contributed by atoms with van der Waals surface area (Å²) in [4.78, 5) is 14.3. The van der Waals surface area contributed by atoms with E-state index in [4.69, 9.17) is 9.47 Å². The largest absolute Gasteiger partial charge is 0.347 e. The van der Waals surface area contributed by atoms with Gasteiger partial charge in [-0.2, -0.15) is 0 Å². The monoisotopic (exact) mass is 296 g/mol. The lowest BCUT2D eigenvalue weighted by Crippen LogP contribution is -2.51. The summed E-state index contributed by atoms with van der Waals surface area (Å²) in [6, 6.07) is 0.511. The highest BCUT2D eigenvalue weighted by atomic mass is 16.7. The molecule has 21 heavy (non-hydrogen) atoms. The molecule has 0 aromatic heterocycles. The van der Waals surface area contributed by atoms with Crippen molar-refractivity contribution in [2.45, 2.75) is 57.8 Å². The summed E-state index contributed by atoms with van der Waals surface area (Å²) in [5.41, 5.74) is 0. The van der Waals surface area contributed by atoms with Crippen LogP contribution in [0.2, 0.25) is 0 Å². The van der Waals surface area contributed by atoms with Crippen molar-refractivity contribution >= 4 is 6.03 Å². The number of carbonyl (C=O) groups is 1. The van der Waals surface area contributed by atoms with Gasteiger partial charge in [-0.3, -0.25) is 0 Å². The second-order valence-electron chi connectivity index (χ2n) is 6.84. The quantitative estimate of drug-likeness (QED) is 0.866. The van der Waals surface area contributed by atoms with Gasteiger partial charge >= 0.3 is 6.03 Å². The van der Waals surface area contributed by atoms with Gasteiger partial charge in [-0.15, -0.1) is 0 Å². The van der Waals surface area contributed by atoms with E-state index in [1.54, 1.807) is 0 Å². The molecule has 0 bridgehead atoms. The molecule has 2 amide bonds. The minimum Gasteiger partial charge on any atom is -0.347 e. The predicted molar refractivity (Wildman–Crippen MR) is 79.9 cm³/mol. The van der Waals surface area contributed by atoms with Gasteiger partial charge in [-0.1, -0.05) is 13.3 Å². The Kier molecular flexibility index (Phi) is 4.41. The molecule has 1 saturated carbocycles. The summed E-state index contributed by atoms with van der Waals surface area (Å²) >= 11 is 0. The normalized spacial score (nSPS) is 34.8. The third kappa shape index (κ3) is 3.34. The standard InChI is InChI=1S/C16H28N2O3/c1-3-5-12-10-14(12)17-15(19)18-7-4-6-13(11-18)16(2)20-8-9-21-16/h12-14H,3-11H2,1-2H3,(H,17,19)/t12-,13+,14-/m1/s1. The number of carbonyl (C=O) groups excluding carboxylic acids is 1. The molecule has 1 aliphatic carbocycles. The lowest BCUT2D eigenvalue weighted by atomic mass is 9.90. The Labute approximate surface area is 127 Å². The number of rotatable bonds is 4. The van der Waals surface area contributed by atoms with E-state index in [2.05, 4.69) is 12.2 Å². The maximum Gasteiger partial charge on any atom is 0.317 e. The summed E-state index contributed by atoms with van der Waals surface area (Å²) < 4.78 is 11.5. The van der Waals surface area contributed by atoms with Crippen LogP contribution in [-0.2, 0) is 9.47 Å². The molecule has 120 valence electrons. The molecule has 3 fully saturated rings. The molecule has 0 radical (unpaired) electrons. The van der Waals surface area contributed by atoms with Crippen molar-refractivity contribution in [2.75, 3.05) is 26.3 Å². The number of hydrogen-bond donors (Lipinski definition) is 1. The molecule has 2 heterocycles. The zero-order chi connectivity index (χ0) is 14.9. The molecule has 5 nitrogen and oxygen atoms in total. The minimum atomic E-state index is -0.497. The van der Waals surface area contributed by atoms with Gasteiger partial charge in [0.25, 0.3) is 0 Å². The zero-order valence-electron chi connectivity index (χ0n) is 13.3. The molecule has 0 aromatic rings. The van der Waals surface area contributed by atoms with E-state index in [0.29, 0.717) is 25.2 Å². The van der Waals surface area contributed by atoms with Crippen LogP contribution in [0.25, 0.3) is 0 Å². The van der Waals surface area contributed by atoms with E-state index in [0.717, 1.165) is 32.4 Å². The van der Waals surface area contributed by atoms with Crippen molar-refractivity contribution in [2.24, 2.45) is 11.8 Å². The first-order chi connectivity index (χ1) is 10.1. The van der Waals surface area contributed by atoms with Crippen LogP contribution in [0.5, 0.6) is 0 Å². The van der Waals surface area contributed by atoms with Gasteiger partial charge in [0.1, 0.15) is 0 Å². The number of hydrogen-bond acceptors (Lipinski definition) is 3. The molecule has 3 atom stereocenters. The first-order valence-electron chi connectivity index (χ1n) is 8.45. The van der Waals surface area contributed by atoms with Gasteiger partial charge < -0.3 is 19.7 Å². The average Bonchev–Trinajstić information content (AvgIpc) is 3.05. The summed E-state index contributed by atoms with van der Waals surface area (Å²) in [5, 5.41) is 3.19. The molecule has 2 aliphatic heterocycles. The second-order valence-corrected chi connectivity index (χ2v) is 6.84. The van der Waals surface area contributed by atoms with Gasteiger partial charge in [-0.05, 0) is 38.5 Å². The number of likely N-dealkylation sites (tertiary alicyclic amines) is 1. The van der Waals surface area contributed by atoms with Crippen LogP contribution in [0.15, 0.2) is 0 Å². The Balaban J connectivity index is 1.50. The van der Waals surface area contributed by atoms with Crippen molar-refractivity contribution in [3.05, 3.63) is 0 Å². The Hall–Kier alpha value is -0.810. The molecule has 2 saturated heterocycles. The van der Waals surface area contributed by atoms with Crippen LogP contribution >= 0.6 is 0 Å². The molecule has 5 heteroatoms. The Morgan fingerprint density at radius 1 is 1.38 bits per heavy atom. The van der Waals surface area contributed by atoms with Gasteiger partial charge in [0, 0.05) is 25.0 Å². The fourth-order valence-corrected chi connectivity index (χ4v) is 3.72. The topological polar surface area (TPSA) is 50.8 Å². The van der Waals surface area contributed by atoms with E-state index < -0.39 is 5.79 Å². The van der Waals surface area contributed by atoms with Crippen molar-refractivity contribution in [3.63, 3.8) is 0 Å². The molecule has 3 rings (SSSR count). The summed E-state index contributed by atoms with van der Waals surface area (Å²) in [7, 11) is 0. The third-order valence-electron chi connectivity index (χ3n) is 5.20. The fourth-order valence-electron chi connectivity index (χ4n) is 3.72. The number of nitrogens with one attached hydrogen (secondary N) is 1. The highest BCUT2D eigenvalue weighted by Crippen LogP contribution is 2.36. The van der Waals surface area contributed by atoms with Gasteiger partial charge in [0.2, 0.25) is 0 Å². The smallest absolute Gasteiger partial charge is 0.317 e. The highest BCUT2D eigenvalue weighted by molar-refractivity contribution is 5.75. The maximum absolute atomic E-state index is 12.4. The van der Waals surface area contributed by atoms with Crippen LogP contribution in [0, 0.1) is 11.8 Å². The van der Waals surface area contributed by atoms with Crippen molar-refractivity contribution in [1.82, 2.24) is 10.2 Å². The van der Waals surface area contributed by atoms with Crippen LogP contribution < -0.4 is 5.32 Å². The van der Waals surface area contributed by atoms with Crippen molar-refractivity contribution in [1.29, 1.82) is 0 Å². The number of nitrogens with zero attached hydrogens (tertiary/aromatic N) is 1. The van der Waals surface area contributed by atoms with Crippen molar-refractivity contribution < 1.29 is 14.3 Å². The predicted octanol–water partition coefficient (Wildman–Crippen LogP) is 2.36. The SMILES string of the molecule is CCC[C@@H]1C[C@H]1NC(=O)N1CCC[C@H](C2(C)OCCO2)C1. The van der Waals surface area contributed by atoms with E-state index in [1.807, 2.05) is 11.8 Å². The van der Waals surface area contributed by atoms with Crippen LogP contribution in [0.4, 0.5) is 4.79 Å². The van der Waals surface area contributed by atoms with Crippen molar-refractivity contribution in [3.8, 4) is 0 Å². The number of amides is 2. The minimum absolute atomic E-state index is 0.102. The van der Waals surface area contributed by atoms with Gasteiger partial charge in [0.05, 0.1) is 13.2 Å². The van der Waals surface area contributed by atoms with E-state index >= 15 is 0 Å². The number of urea groups is 1. The second kappa shape index (κ2) is 6.13. The molecule has 3 aliphatic rings. The maximum atomic E-state index is 12.4. The molecule has 0 aromatic carbocycles. The Morgan fingerprint density at radius 3 is 2.86 bits per heavy atom. The van der Waals surface area contributed by atoms with E-state index in [1.165, 1.54) is 12.8 Å². The molecule has 0 unspecified atom stereocenters. The molecular weight excluding hydrogens is 268 g/mol. The first kappa shape index (κ1) is 15.1. The first-order valence-corrected chi connectivity index (χ1v) is 8.45. The third-order valence-corrected chi connectivity index (χ3v) is 5.20. The lowest BCUT2D eigenvalue weighted by Gasteiger charge is -2.39. The lowest BCUT2D eigenvalue weighted by molar-refractivity contribution is -0.189. The summed E-state index contributed by atoms with van der Waals surface area (Å²) in [5.74, 6) is 0.493. The Bertz CT molecular complexity index is 382. The van der Waals surface area contributed by atoms with E-state index in [9.17, 15) is 4.79 Å². The van der Waals surface area contributed by atoms with Gasteiger partial charge in [0.15, 0.2) is 5.79 Å². The average molecular weight is 296 g/mol.